The first-order chi connectivity index (χ1) is 8.21. The van der Waals surface area contributed by atoms with Crippen LogP contribution in [0.15, 0.2) is 12.4 Å². The van der Waals surface area contributed by atoms with E-state index in [1.807, 2.05) is 0 Å². The van der Waals surface area contributed by atoms with E-state index in [0.717, 1.165) is 32.0 Å². The van der Waals surface area contributed by atoms with Crippen LogP contribution in [0.3, 0.4) is 0 Å². The number of hydrogen-bond acceptors (Lipinski definition) is 5. The second kappa shape index (κ2) is 3.92. The predicted octanol–water partition coefficient (Wildman–Crippen LogP) is 0.295. The zero-order chi connectivity index (χ0) is 11.9. The SMILES string of the molecule is CN1CCN(C2(c3ncc(N)cn3)CC2)CC1. The second-order valence-corrected chi connectivity index (χ2v) is 5.16. The number of piperazine rings is 1. The number of nitrogens with zero attached hydrogens (tertiary/aromatic N) is 4. The number of anilines is 1. The zero-order valence-electron chi connectivity index (χ0n) is 10.3. The largest absolute Gasteiger partial charge is 0.396 e. The minimum absolute atomic E-state index is 0.120. The molecule has 1 aromatic heterocycles. The summed E-state index contributed by atoms with van der Waals surface area (Å²) in [5.41, 5.74) is 6.40. The van der Waals surface area contributed by atoms with Gasteiger partial charge in [-0.1, -0.05) is 0 Å². The van der Waals surface area contributed by atoms with Gasteiger partial charge in [0, 0.05) is 26.2 Å². The van der Waals surface area contributed by atoms with E-state index in [1.165, 1.54) is 12.8 Å². The van der Waals surface area contributed by atoms with Crippen molar-refractivity contribution >= 4 is 5.69 Å². The van der Waals surface area contributed by atoms with Crippen molar-refractivity contribution in [3.63, 3.8) is 0 Å². The van der Waals surface area contributed by atoms with Gasteiger partial charge in [0.25, 0.3) is 0 Å². The summed E-state index contributed by atoms with van der Waals surface area (Å²) in [5.74, 6) is 0.955. The summed E-state index contributed by atoms with van der Waals surface area (Å²) in [6.07, 6.45) is 5.80. The Morgan fingerprint density at radius 3 is 2.24 bits per heavy atom. The summed E-state index contributed by atoms with van der Waals surface area (Å²) in [4.78, 5) is 13.7. The molecular formula is C12H19N5. The Morgan fingerprint density at radius 1 is 1.12 bits per heavy atom. The van der Waals surface area contributed by atoms with Crippen LogP contribution in [0.25, 0.3) is 0 Å². The molecule has 5 heteroatoms. The van der Waals surface area contributed by atoms with Gasteiger partial charge in [-0.3, -0.25) is 4.90 Å². The van der Waals surface area contributed by atoms with Crippen LogP contribution >= 0.6 is 0 Å². The lowest BCUT2D eigenvalue weighted by molar-refractivity contribution is 0.0930. The summed E-state index contributed by atoms with van der Waals surface area (Å²) < 4.78 is 0. The van der Waals surface area contributed by atoms with Crippen molar-refractivity contribution < 1.29 is 0 Å². The lowest BCUT2D eigenvalue weighted by atomic mass is 10.1. The molecule has 1 aliphatic carbocycles. The molecule has 0 aromatic carbocycles. The maximum Gasteiger partial charge on any atom is 0.148 e. The monoisotopic (exact) mass is 233 g/mol. The fraction of sp³-hybridized carbons (Fsp3) is 0.667. The first-order valence-corrected chi connectivity index (χ1v) is 6.22. The quantitative estimate of drug-likeness (QED) is 0.796. The molecule has 2 fully saturated rings. The molecule has 92 valence electrons. The molecule has 0 unspecified atom stereocenters. The van der Waals surface area contributed by atoms with E-state index in [-0.39, 0.29) is 5.54 Å². The highest BCUT2D eigenvalue weighted by Crippen LogP contribution is 2.49. The summed E-state index contributed by atoms with van der Waals surface area (Å²) in [6, 6.07) is 0. The predicted molar refractivity (Wildman–Crippen MR) is 66.4 cm³/mol. The summed E-state index contributed by atoms with van der Waals surface area (Å²) >= 11 is 0. The van der Waals surface area contributed by atoms with Gasteiger partial charge >= 0.3 is 0 Å². The fourth-order valence-electron chi connectivity index (χ4n) is 2.61. The third-order valence-electron chi connectivity index (χ3n) is 3.92. The second-order valence-electron chi connectivity index (χ2n) is 5.16. The van der Waals surface area contributed by atoms with Crippen molar-refractivity contribution in [3.05, 3.63) is 18.2 Å². The van der Waals surface area contributed by atoms with Crippen LogP contribution in [-0.2, 0) is 5.54 Å². The van der Waals surface area contributed by atoms with Gasteiger partial charge in [-0.15, -0.1) is 0 Å². The lowest BCUT2D eigenvalue weighted by Gasteiger charge is -2.37. The molecule has 5 nitrogen and oxygen atoms in total. The number of nitrogen functional groups attached to an aromatic ring is 1. The number of rotatable bonds is 2. The maximum absolute atomic E-state index is 5.64. The normalized spacial score (nSPS) is 24.8. The van der Waals surface area contributed by atoms with Gasteiger partial charge in [0.15, 0.2) is 0 Å². The van der Waals surface area contributed by atoms with Crippen molar-refractivity contribution in [2.24, 2.45) is 0 Å². The molecule has 2 N–H and O–H groups in total. The van der Waals surface area contributed by atoms with E-state index in [9.17, 15) is 0 Å². The molecule has 0 atom stereocenters. The number of likely N-dealkylation sites (N-methyl/N-ethyl adjacent to an activating group) is 1. The van der Waals surface area contributed by atoms with Crippen molar-refractivity contribution in [2.75, 3.05) is 39.0 Å². The van der Waals surface area contributed by atoms with Gasteiger partial charge in [0.1, 0.15) is 5.82 Å². The van der Waals surface area contributed by atoms with E-state index >= 15 is 0 Å². The standard InChI is InChI=1S/C12H19N5/c1-16-4-6-17(7-5-16)12(2-3-12)11-14-8-10(13)9-15-11/h8-9H,2-7,13H2,1H3. The van der Waals surface area contributed by atoms with Crippen LogP contribution in [0.2, 0.25) is 0 Å². The van der Waals surface area contributed by atoms with Crippen molar-refractivity contribution in [2.45, 2.75) is 18.4 Å². The summed E-state index contributed by atoms with van der Waals surface area (Å²) in [7, 11) is 2.18. The lowest BCUT2D eigenvalue weighted by Crippen LogP contribution is -2.49. The third kappa shape index (κ3) is 1.89. The van der Waals surface area contributed by atoms with Gasteiger partial charge in [-0.05, 0) is 19.9 Å². The Bertz CT molecular complexity index is 390. The average molecular weight is 233 g/mol. The Hall–Kier alpha value is -1.20. The number of nitrogens with two attached hydrogens (primary N) is 1. The molecule has 1 saturated heterocycles. The van der Waals surface area contributed by atoms with Crippen LogP contribution in [0.5, 0.6) is 0 Å². The topological polar surface area (TPSA) is 58.3 Å². The van der Waals surface area contributed by atoms with Crippen LogP contribution in [0.4, 0.5) is 5.69 Å². The third-order valence-corrected chi connectivity index (χ3v) is 3.92. The highest BCUT2D eigenvalue weighted by Gasteiger charge is 2.52. The van der Waals surface area contributed by atoms with Gasteiger partial charge in [0.2, 0.25) is 0 Å². The van der Waals surface area contributed by atoms with Crippen molar-refractivity contribution in [3.8, 4) is 0 Å². The molecular weight excluding hydrogens is 214 g/mol. The van der Waals surface area contributed by atoms with Crippen LogP contribution in [0, 0.1) is 0 Å². The number of aromatic nitrogens is 2. The molecule has 0 radical (unpaired) electrons. The molecule has 0 bridgehead atoms. The van der Waals surface area contributed by atoms with Crippen LogP contribution in [-0.4, -0.2) is 53.0 Å². The molecule has 3 rings (SSSR count). The molecule has 2 heterocycles. The van der Waals surface area contributed by atoms with E-state index in [4.69, 9.17) is 5.73 Å². The highest BCUT2D eigenvalue weighted by molar-refractivity contribution is 5.32. The van der Waals surface area contributed by atoms with Gasteiger partial charge in [-0.2, -0.15) is 0 Å². The van der Waals surface area contributed by atoms with Crippen molar-refractivity contribution in [1.29, 1.82) is 0 Å². The molecule has 1 saturated carbocycles. The summed E-state index contributed by atoms with van der Waals surface area (Å²) in [5, 5.41) is 0. The Labute approximate surface area is 102 Å². The van der Waals surface area contributed by atoms with E-state index < -0.39 is 0 Å². The zero-order valence-corrected chi connectivity index (χ0v) is 10.3. The Kier molecular flexibility index (Phi) is 2.52. The Morgan fingerprint density at radius 2 is 1.71 bits per heavy atom. The van der Waals surface area contributed by atoms with Gasteiger partial charge in [-0.25, -0.2) is 9.97 Å². The van der Waals surface area contributed by atoms with Gasteiger partial charge in [0.05, 0.1) is 23.6 Å². The first kappa shape index (κ1) is 10.9. The van der Waals surface area contributed by atoms with Crippen LogP contribution in [0.1, 0.15) is 18.7 Å². The molecule has 0 spiro atoms. The first-order valence-electron chi connectivity index (χ1n) is 6.22. The maximum atomic E-state index is 5.64. The minimum atomic E-state index is 0.120. The Balaban J connectivity index is 1.79. The van der Waals surface area contributed by atoms with E-state index in [1.54, 1.807) is 12.4 Å². The van der Waals surface area contributed by atoms with Crippen molar-refractivity contribution in [1.82, 2.24) is 19.8 Å². The minimum Gasteiger partial charge on any atom is -0.396 e. The van der Waals surface area contributed by atoms with E-state index in [2.05, 4.69) is 26.8 Å². The average Bonchev–Trinajstić information content (AvgIpc) is 3.12. The fourth-order valence-corrected chi connectivity index (χ4v) is 2.61. The molecule has 1 aliphatic heterocycles. The molecule has 0 amide bonds. The van der Waals surface area contributed by atoms with E-state index in [0.29, 0.717) is 5.69 Å². The summed E-state index contributed by atoms with van der Waals surface area (Å²) in [6.45, 7) is 4.50. The smallest absolute Gasteiger partial charge is 0.148 e. The molecule has 17 heavy (non-hydrogen) atoms. The van der Waals surface area contributed by atoms with Gasteiger partial charge < -0.3 is 10.6 Å². The highest BCUT2D eigenvalue weighted by atomic mass is 15.3. The molecule has 1 aromatic rings. The molecule has 2 aliphatic rings. The number of hydrogen-bond donors (Lipinski definition) is 1. The van der Waals surface area contributed by atoms with Crippen LogP contribution < -0.4 is 5.73 Å².